The molecule has 0 saturated heterocycles. The van der Waals surface area contributed by atoms with Gasteiger partial charge in [-0.05, 0) is 12.2 Å². The topological polar surface area (TPSA) is 17.1 Å². The molecule has 64 valence electrons. The summed E-state index contributed by atoms with van der Waals surface area (Å²) in [7, 11) is -2.39. The molecule has 0 bridgehead atoms. The van der Waals surface area contributed by atoms with Crippen molar-refractivity contribution in [2.24, 2.45) is 0 Å². The zero-order valence-corrected chi connectivity index (χ0v) is 8.18. The average Bonchev–Trinajstić information content (AvgIpc) is 2.02. The maximum absolute atomic E-state index is 11.8. The maximum Gasteiger partial charge on any atom is 0.131 e. The van der Waals surface area contributed by atoms with Gasteiger partial charge in [0, 0.05) is 0 Å². The van der Waals surface area contributed by atoms with E-state index in [4.69, 9.17) is 12.8 Å². The number of hydrogen-bond acceptors (Lipinski definition) is 1. The van der Waals surface area contributed by atoms with Gasteiger partial charge >= 0.3 is 0 Å². The Morgan fingerprint density at radius 3 is 2.17 bits per heavy atom. The first-order valence-corrected chi connectivity index (χ1v) is 5.95. The standard InChI is InChI=1S/C10H13OP/c1-4-7-10-12(11,8-5-2)9-6-3/h2-3,7,10H,4,8-9H2,1H3. The molecule has 0 radical (unpaired) electrons. The molecule has 0 heterocycles. The Hall–Kier alpha value is -0.910. The van der Waals surface area contributed by atoms with Crippen molar-refractivity contribution in [1.82, 2.24) is 0 Å². The maximum atomic E-state index is 11.8. The van der Waals surface area contributed by atoms with Gasteiger partial charge in [-0.2, -0.15) is 0 Å². The van der Waals surface area contributed by atoms with Crippen LogP contribution in [0.3, 0.4) is 0 Å². The molecule has 0 amide bonds. The Balaban J connectivity index is 4.44. The first kappa shape index (κ1) is 11.1. The molecule has 0 aliphatic heterocycles. The van der Waals surface area contributed by atoms with Gasteiger partial charge in [0.15, 0.2) is 0 Å². The summed E-state index contributed by atoms with van der Waals surface area (Å²) in [6.07, 6.45) is 13.4. The molecule has 2 heteroatoms. The fourth-order valence-corrected chi connectivity index (χ4v) is 2.30. The third-order valence-electron chi connectivity index (χ3n) is 1.33. The predicted molar refractivity (Wildman–Crippen MR) is 54.4 cm³/mol. The van der Waals surface area contributed by atoms with E-state index >= 15 is 0 Å². The number of allylic oxidation sites excluding steroid dienone is 1. The van der Waals surface area contributed by atoms with Crippen LogP contribution in [-0.2, 0) is 4.57 Å². The van der Waals surface area contributed by atoms with Gasteiger partial charge in [-0.15, -0.1) is 12.8 Å². The molecule has 0 rings (SSSR count). The fraction of sp³-hybridized carbons (Fsp3) is 0.400. The van der Waals surface area contributed by atoms with Crippen LogP contribution in [0.5, 0.6) is 0 Å². The summed E-state index contributed by atoms with van der Waals surface area (Å²) in [5.74, 6) is 6.47. The second kappa shape index (κ2) is 5.70. The molecule has 0 aliphatic carbocycles. The second-order valence-corrected chi connectivity index (χ2v) is 5.31. The lowest BCUT2D eigenvalue weighted by Gasteiger charge is -2.05. The Morgan fingerprint density at radius 2 is 1.83 bits per heavy atom. The Labute approximate surface area is 74.6 Å². The van der Waals surface area contributed by atoms with Crippen molar-refractivity contribution >= 4 is 7.14 Å². The summed E-state index contributed by atoms with van der Waals surface area (Å²) in [6, 6.07) is 0. The third kappa shape index (κ3) is 4.07. The van der Waals surface area contributed by atoms with E-state index in [0.29, 0.717) is 0 Å². The molecule has 12 heavy (non-hydrogen) atoms. The summed E-state index contributed by atoms with van der Waals surface area (Å²) < 4.78 is 11.8. The van der Waals surface area contributed by atoms with Gasteiger partial charge in [-0.3, -0.25) is 0 Å². The van der Waals surface area contributed by atoms with Crippen molar-refractivity contribution in [3.8, 4) is 24.7 Å². The summed E-state index contributed by atoms with van der Waals surface area (Å²) in [5, 5.41) is 0. The lowest BCUT2D eigenvalue weighted by molar-refractivity contribution is 0.585. The Kier molecular flexibility index (Phi) is 5.27. The molecule has 0 unspecified atom stereocenters. The first-order valence-electron chi connectivity index (χ1n) is 3.81. The van der Waals surface area contributed by atoms with Crippen LogP contribution in [0.4, 0.5) is 0 Å². The molecule has 0 aromatic heterocycles. The van der Waals surface area contributed by atoms with E-state index < -0.39 is 7.14 Å². The van der Waals surface area contributed by atoms with Crippen LogP contribution in [0.2, 0.25) is 0 Å². The van der Waals surface area contributed by atoms with Crippen LogP contribution in [0.1, 0.15) is 13.3 Å². The van der Waals surface area contributed by atoms with Gasteiger partial charge in [0.05, 0.1) is 12.3 Å². The van der Waals surface area contributed by atoms with Crippen LogP contribution in [-0.4, -0.2) is 12.3 Å². The predicted octanol–water partition coefficient (Wildman–Crippen LogP) is 2.54. The summed E-state index contributed by atoms with van der Waals surface area (Å²) in [6.45, 7) is 1.98. The minimum absolute atomic E-state index is 0.272. The highest BCUT2D eigenvalue weighted by atomic mass is 31.2. The van der Waals surface area contributed by atoms with E-state index in [-0.39, 0.29) is 12.3 Å². The highest BCUT2D eigenvalue weighted by molar-refractivity contribution is 7.67. The van der Waals surface area contributed by atoms with E-state index in [9.17, 15) is 4.57 Å². The van der Waals surface area contributed by atoms with Gasteiger partial charge in [0.1, 0.15) is 7.14 Å². The lowest BCUT2D eigenvalue weighted by Crippen LogP contribution is -1.87. The molecule has 0 atom stereocenters. The molecule has 0 aromatic carbocycles. The SMILES string of the molecule is C#CCP(=O)(C=CCC)CC#C. The van der Waals surface area contributed by atoms with Crippen molar-refractivity contribution in [2.45, 2.75) is 13.3 Å². The molecule has 0 N–H and O–H groups in total. The Morgan fingerprint density at radius 1 is 1.33 bits per heavy atom. The molecule has 1 nitrogen and oxygen atoms in total. The summed E-state index contributed by atoms with van der Waals surface area (Å²) in [4.78, 5) is 0. The van der Waals surface area contributed by atoms with Crippen molar-refractivity contribution in [3.63, 3.8) is 0 Å². The van der Waals surface area contributed by atoms with Crippen molar-refractivity contribution < 1.29 is 4.57 Å². The zero-order valence-electron chi connectivity index (χ0n) is 7.29. The zero-order chi connectivity index (χ0) is 9.45. The molecular formula is C10H13OP. The van der Waals surface area contributed by atoms with Gasteiger partial charge < -0.3 is 4.57 Å². The quantitative estimate of drug-likeness (QED) is 0.480. The molecule has 0 fully saturated rings. The van der Waals surface area contributed by atoms with E-state index in [2.05, 4.69) is 11.8 Å². The molecule has 0 saturated carbocycles. The summed E-state index contributed by atoms with van der Waals surface area (Å²) >= 11 is 0. The lowest BCUT2D eigenvalue weighted by atomic mass is 10.5. The monoisotopic (exact) mass is 180 g/mol. The molecule has 0 aromatic rings. The van der Waals surface area contributed by atoms with Crippen LogP contribution in [0.25, 0.3) is 0 Å². The average molecular weight is 180 g/mol. The molecule has 0 aliphatic rings. The van der Waals surface area contributed by atoms with E-state index in [1.54, 1.807) is 5.82 Å². The largest absolute Gasteiger partial charge is 0.317 e. The van der Waals surface area contributed by atoms with Crippen LogP contribution < -0.4 is 0 Å². The summed E-state index contributed by atoms with van der Waals surface area (Å²) in [5.41, 5.74) is 0. The highest BCUT2D eigenvalue weighted by Gasteiger charge is 2.14. The van der Waals surface area contributed by atoms with E-state index in [1.807, 2.05) is 13.0 Å². The van der Waals surface area contributed by atoms with Gasteiger partial charge in [0.25, 0.3) is 0 Å². The van der Waals surface area contributed by atoms with Gasteiger partial charge in [0.2, 0.25) is 0 Å². The minimum Gasteiger partial charge on any atom is -0.317 e. The number of terminal acetylenes is 2. The highest BCUT2D eigenvalue weighted by Crippen LogP contribution is 2.46. The second-order valence-electron chi connectivity index (χ2n) is 2.47. The van der Waals surface area contributed by atoms with Crippen molar-refractivity contribution in [3.05, 3.63) is 11.9 Å². The van der Waals surface area contributed by atoms with Crippen LogP contribution >= 0.6 is 7.14 Å². The smallest absolute Gasteiger partial charge is 0.131 e. The van der Waals surface area contributed by atoms with Crippen molar-refractivity contribution in [1.29, 1.82) is 0 Å². The van der Waals surface area contributed by atoms with E-state index in [0.717, 1.165) is 6.42 Å². The van der Waals surface area contributed by atoms with Crippen LogP contribution in [0.15, 0.2) is 11.9 Å². The van der Waals surface area contributed by atoms with Crippen molar-refractivity contribution in [2.75, 3.05) is 12.3 Å². The Bertz CT molecular complexity index is 255. The van der Waals surface area contributed by atoms with Gasteiger partial charge in [-0.25, -0.2) is 0 Å². The first-order chi connectivity index (χ1) is 5.68. The number of rotatable bonds is 4. The van der Waals surface area contributed by atoms with Gasteiger partial charge in [-0.1, -0.05) is 24.8 Å². The minimum atomic E-state index is -2.39. The van der Waals surface area contributed by atoms with Crippen LogP contribution in [0, 0.1) is 24.7 Å². The molecule has 0 spiro atoms. The molecular weight excluding hydrogens is 167 g/mol. The fourth-order valence-electron chi connectivity index (χ4n) is 0.768. The normalized spacial score (nSPS) is 10.9. The third-order valence-corrected chi connectivity index (χ3v) is 3.52. The number of hydrogen-bond donors (Lipinski definition) is 0. The van der Waals surface area contributed by atoms with E-state index in [1.165, 1.54) is 0 Å².